The molecule has 0 spiro atoms. The lowest BCUT2D eigenvalue weighted by atomic mass is 10.2. The van der Waals surface area contributed by atoms with E-state index in [-0.39, 0.29) is 17.4 Å². The van der Waals surface area contributed by atoms with Crippen LogP contribution in [-0.2, 0) is 0 Å². The molecule has 152 valence electrons. The van der Waals surface area contributed by atoms with E-state index in [1.165, 1.54) is 31.5 Å². The number of methoxy groups -OCH3 is 1. The first-order chi connectivity index (χ1) is 14.0. The second-order valence-electron chi connectivity index (χ2n) is 6.92. The molecule has 0 radical (unpaired) electrons. The fourth-order valence-electron chi connectivity index (χ4n) is 3.36. The minimum absolute atomic E-state index is 0.192. The third-order valence-electron chi connectivity index (χ3n) is 4.87. The van der Waals surface area contributed by atoms with Gasteiger partial charge < -0.3 is 26.0 Å². The first-order valence-electron chi connectivity index (χ1n) is 9.33. The van der Waals surface area contributed by atoms with Gasteiger partial charge in [0.1, 0.15) is 11.6 Å². The highest BCUT2D eigenvalue weighted by molar-refractivity contribution is 6.30. The number of dihydropyridines is 1. The Hall–Kier alpha value is -2.84. The maximum atomic E-state index is 14.2. The summed E-state index contributed by atoms with van der Waals surface area (Å²) in [5, 5.41) is 7.04. The Balaban J connectivity index is 1.61. The lowest BCUT2D eigenvalue weighted by Crippen LogP contribution is -2.34. The van der Waals surface area contributed by atoms with E-state index in [9.17, 15) is 4.39 Å². The predicted octanol–water partition coefficient (Wildman–Crippen LogP) is 2.72. The number of likely N-dealkylation sites (tertiary alicyclic amines) is 1. The fourth-order valence-corrected chi connectivity index (χ4v) is 3.54. The number of aromatic nitrogens is 2. The van der Waals surface area contributed by atoms with Crippen LogP contribution in [0.5, 0.6) is 5.75 Å². The van der Waals surface area contributed by atoms with Gasteiger partial charge in [-0.15, -0.1) is 0 Å². The van der Waals surface area contributed by atoms with Crippen LogP contribution in [0.25, 0.3) is 11.4 Å². The molecule has 0 bridgehead atoms. The van der Waals surface area contributed by atoms with E-state index in [2.05, 4.69) is 25.5 Å². The van der Waals surface area contributed by atoms with E-state index in [0.717, 1.165) is 31.0 Å². The fraction of sp³-hybridized carbons (Fsp3) is 0.300. The molecule has 4 rings (SSSR count). The highest BCUT2D eigenvalue weighted by atomic mass is 35.5. The average molecular weight is 417 g/mol. The van der Waals surface area contributed by atoms with Crippen LogP contribution in [0.1, 0.15) is 6.42 Å². The first-order valence-corrected chi connectivity index (χ1v) is 9.71. The maximum Gasteiger partial charge on any atom is 0.179 e. The number of nitrogens with zero attached hydrogens (tertiary/aromatic N) is 3. The molecule has 0 aliphatic carbocycles. The molecular formula is C20H22ClFN6O. The van der Waals surface area contributed by atoms with Crippen molar-refractivity contribution in [3.05, 3.63) is 58.9 Å². The summed E-state index contributed by atoms with van der Waals surface area (Å²) in [5.41, 5.74) is 7.10. The zero-order valence-corrected chi connectivity index (χ0v) is 16.7. The summed E-state index contributed by atoms with van der Waals surface area (Å²) >= 11 is 6.01. The largest absolute Gasteiger partial charge is 0.491 e. The van der Waals surface area contributed by atoms with E-state index >= 15 is 0 Å². The van der Waals surface area contributed by atoms with Crippen LogP contribution < -0.4 is 21.1 Å². The average Bonchev–Trinajstić information content (AvgIpc) is 3.16. The smallest absolute Gasteiger partial charge is 0.179 e. The molecule has 7 nitrogen and oxygen atoms in total. The summed E-state index contributed by atoms with van der Waals surface area (Å²) in [6.45, 7) is 2.41. The Labute approximate surface area is 173 Å². The molecule has 4 N–H and O–H groups in total. The van der Waals surface area contributed by atoms with Gasteiger partial charge in [-0.3, -0.25) is 0 Å². The van der Waals surface area contributed by atoms with Crippen molar-refractivity contribution in [2.45, 2.75) is 12.5 Å². The monoisotopic (exact) mass is 416 g/mol. The highest BCUT2D eigenvalue weighted by Gasteiger charge is 2.22. The number of anilines is 1. The van der Waals surface area contributed by atoms with Gasteiger partial charge >= 0.3 is 0 Å². The van der Waals surface area contributed by atoms with E-state index in [0.29, 0.717) is 23.1 Å². The van der Waals surface area contributed by atoms with Gasteiger partial charge in [0.15, 0.2) is 17.4 Å². The number of ether oxygens (including phenoxy) is 1. The number of hydrogen-bond donors (Lipinski definition) is 3. The van der Waals surface area contributed by atoms with Gasteiger partial charge in [0.05, 0.1) is 18.9 Å². The zero-order chi connectivity index (χ0) is 20.4. The summed E-state index contributed by atoms with van der Waals surface area (Å²) in [4.78, 5) is 10.9. The number of benzene rings is 1. The maximum absolute atomic E-state index is 14.2. The van der Waals surface area contributed by atoms with Crippen molar-refractivity contribution in [2.24, 2.45) is 5.73 Å². The van der Waals surface area contributed by atoms with Crippen molar-refractivity contribution in [1.29, 1.82) is 0 Å². The van der Waals surface area contributed by atoms with Gasteiger partial charge in [-0.2, -0.15) is 0 Å². The van der Waals surface area contributed by atoms with Crippen molar-refractivity contribution in [2.75, 3.05) is 32.1 Å². The van der Waals surface area contributed by atoms with Crippen LogP contribution in [0, 0.1) is 5.82 Å². The summed E-state index contributed by atoms with van der Waals surface area (Å²) in [6.07, 6.45) is 6.49. The quantitative estimate of drug-likeness (QED) is 0.690. The van der Waals surface area contributed by atoms with Gasteiger partial charge in [-0.25, -0.2) is 14.4 Å². The normalized spacial score (nSPS) is 18.8. The van der Waals surface area contributed by atoms with Gasteiger partial charge in [0.2, 0.25) is 0 Å². The van der Waals surface area contributed by atoms with Crippen LogP contribution in [-0.4, -0.2) is 47.7 Å². The van der Waals surface area contributed by atoms with Gasteiger partial charge in [-0.1, -0.05) is 11.6 Å². The van der Waals surface area contributed by atoms with E-state index in [4.69, 9.17) is 22.1 Å². The molecule has 9 heteroatoms. The lowest BCUT2D eigenvalue weighted by Gasteiger charge is -2.26. The number of hydrogen-bond acceptors (Lipinski definition) is 7. The van der Waals surface area contributed by atoms with Gasteiger partial charge in [0.25, 0.3) is 0 Å². The van der Waals surface area contributed by atoms with E-state index < -0.39 is 5.82 Å². The molecule has 1 atom stereocenters. The van der Waals surface area contributed by atoms with Gasteiger partial charge in [0, 0.05) is 42.5 Å². The Bertz CT molecular complexity index is 979. The molecular weight excluding hydrogens is 395 g/mol. The van der Waals surface area contributed by atoms with E-state index in [1.54, 1.807) is 0 Å². The van der Waals surface area contributed by atoms with Crippen molar-refractivity contribution in [3.8, 4) is 17.1 Å². The number of rotatable bonds is 5. The standard InChI is InChI=1S/C20H22ClFN6O/c1-29-17-10-25-19(15-8-12(21)2-3-16(15)22)27-20(17)26-14-4-6-24-18(9-14)28-7-5-13(23)11-28/h2-4,8-10,13,24H,5-7,11,23H2,1H3,(H,25,26,27). The lowest BCUT2D eigenvalue weighted by molar-refractivity contribution is 0.387. The summed E-state index contributed by atoms with van der Waals surface area (Å²) in [5.74, 6) is 1.68. The third kappa shape index (κ3) is 4.28. The molecule has 0 saturated carbocycles. The molecule has 1 saturated heterocycles. The number of nitrogens with two attached hydrogens (primary N) is 1. The predicted molar refractivity (Wildman–Crippen MR) is 111 cm³/mol. The van der Waals surface area contributed by atoms with Crippen molar-refractivity contribution < 1.29 is 9.13 Å². The van der Waals surface area contributed by atoms with Crippen LogP contribution in [0.15, 0.2) is 48.1 Å². The molecule has 0 amide bonds. The van der Waals surface area contributed by atoms with Gasteiger partial charge in [-0.05, 0) is 30.7 Å². The summed E-state index contributed by atoms with van der Waals surface area (Å²) in [6, 6.07) is 4.47. The van der Waals surface area contributed by atoms with Crippen LogP contribution in [0.2, 0.25) is 5.02 Å². The Kier molecular flexibility index (Phi) is 5.55. The highest BCUT2D eigenvalue weighted by Crippen LogP contribution is 2.29. The Morgan fingerprint density at radius 1 is 1.41 bits per heavy atom. The minimum atomic E-state index is -0.445. The zero-order valence-electron chi connectivity index (χ0n) is 16.0. The molecule has 2 aromatic rings. The van der Waals surface area contributed by atoms with Crippen molar-refractivity contribution >= 4 is 17.4 Å². The van der Waals surface area contributed by atoms with Crippen LogP contribution >= 0.6 is 11.6 Å². The van der Waals surface area contributed by atoms with Crippen LogP contribution in [0.4, 0.5) is 10.2 Å². The number of halogens is 2. The van der Waals surface area contributed by atoms with Crippen molar-refractivity contribution in [3.63, 3.8) is 0 Å². The van der Waals surface area contributed by atoms with Crippen molar-refractivity contribution in [1.82, 2.24) is 20.2 Å². The van der Waals surface area contributed by atoms with Crippen LogP contribution in [0.3, 0.4) is 0 Å². The van der Waals surface area contributed by atoms with E-state index in [1.807, 2.05) is 12.2 Å². The molecule has 29 heavy (non-hydrogen) atoms. The Morgan fingerprint density at radius 3 is 3.03 bits per heavy atom. The Morgan fingerprint density at radius 2 is 2.28 bits per heavy atom. The second-order valence-corrected chi connectivity index (χ2v) is 7.36. The molecule has 1 fully saturated rings. The number of allylic oxidation sites excluding steroid dienone is 1. The molecule has 1 aromatic carbocycles. The first kappa shape index (κ1) is 19.5. The minimum Gasteiger partial charge on any atom is -0.491 e. The SMILES string of the molecule is COc1cnc(-c2cc(Cl)ccc2F)nc1NC1=CCNC(N2CCC(N)C2)=C1. The summed E-state index contributed by atoms with van der Waals surface area (Å²) < 4.78 is 19.6. The molecule has 2 aliphatic heterocycles. The molecule has 3 heterocycles. The molecule has 1 unspecified atom stereocenters. The molecule has 1 aromatic heterocycles. The molecule has 2 aliphatic rings. The number of nitrogens with one attached hydrogen (secondary N) is 2. The topological polar surface area (TPSA) is 88.3 Å². The third-order valence-corrected chi connectivity index (χ3v) is 5.11. The summed E-state index contributed by atoms with van der Waals surface area (Å²) in [7, 11) is 1.53. The second kappa shape index (κ2) is 8.26.